The summed E-state index contributed by atoms with van der Waals surface area (Å²) in [5, 5.41) is 2.68. The molecule has 1 aliphatic heterocycles. The van der Waals surface area contributed by atoms with E-state index in [0.717, 1.165) is 36.6 Å². The van der Waals surface area contributed by atoms with Crippen LogP contribution in [0.1, 0.15) is 38.2 Å². The second-order valence-corrected chi connectivity index (χ2v) is 9.33. The summed E-state index contributed by atoms with van der Waals surface area (Å²) in [6, 6.07) is 5.92. The highest BCUT2D eigenvalue weighted by Gasteiger charge is 2.25. The Balaban J connectivity index is 1.87. The molecule has 0 saturated carbocycles. The minimum absolute atomic E-state index is 0.0603. The number of hydrogen-bond acceptors (Lipinski definition) is 5. The van der Waals surface area contributed by atoms with Gasteiger partial charge < -0.3 is 4.90 Å². The molecule has 0 spiro atoms. The zero-order chi connectivity index (χ0) is 18.6. The lowest BCUT2D eigenvalue weighted by Gasteiger charge is -2.26. The number of nitrogens with zero attached hydrogens (tertiary/aromatic N) is 3. The van der Waals surface area contributed by atoms with Gasteiger partial charge in [0.15, 0.2) is 10.9 Å². The summed E-state index contributed by atoms with van der Waals surface area (Å²) >= 11 is 1.48. The minimum Gasteiger partial charge on any atom is -0.348 e. The summed E-state index contributed by atoms with van der Waals surface area (Å²) in [4.78, 5) is 6.84. The zero-order valence-electron chi connectivity index (χ0n) is 14.9. The first-order chi connectivity index (χ1) is 12.5. The molecule has 0 N–H and O–H groups in total. The van der Waals surface area contributed by atoms with Crippen LogP contribution in [-0.2, 0) is 16.6 Å². The summed E-state index contributed by atoms with van der Waals surface area (Å²) in [5.74, 6) is 0.177. The fourth-order valence-electron chi connectivity index (χ4n) is 3.05. The first kappa shape index (κ1) is 19.1. The third kappa shape index (κ3) is 4.54. The number of halogens is 1. The van der Waals surface area contributed by atoms with Crippen molar-refractivity contribution in [2.75, 3.05) is 28.0 Å². The molecule has 5 nitrogen and oxygen atoms in total. The first-order valence-electron chi connectivity index (χ1n) is 8.95. The van der Waals surface area contributed by atoms with Gasteiger partial charge in [-0.15, -0.1) is 11.3 Å². The molecular formula is C18H24FN3O2S2. The summed E-state index contributed by atoms with van der Waals surface area (Å²) in [7, 11) is -3.49. The number of thiazole rings is 1. The van der Waals surface area contributed by atoms with Gasteiger partial charge in [-0.05, 0) is 43.4 Å². The molecule has 2 heterocycles. The topological polar surface area (TPSA) is 53.5 Å². The van der Waals surface area contributed by atoms with Crippen molar-refractivity contribution in [2.45, 2.75) is 39.2 Å². The number of benzene rings is 1. The van der Waals surface area contributed by atoms with Crippen molar-refractivity contribution in [3.8, 4) is 0 Å². The molecule has 1 aromatic carbocycles. The van der Waals surface area contributed by atoms with Crippen LogP contribution >= 0.6 is 11.3 Å². The molecule has 1 aliphatic rings. The second kappa shape index (κ2) is 8.35. The van der Waals surface area contributed by atoms with Gasteiger partial charge in [0.1, 0.15) is 5.82 Å². The monoisotopic (exact) mass is 397 g/mol. The standard InChI is InChI=1S/C18H24FN3O2S2/c1-2-12-26(23,24)22(13-15-6-8-16(19)9-7-15)17-14-25-18(20-17)21-10-4-3-5-11-21/h6-9,14H,2-5,10-13H2,1H3. The highest BCUT2D eigenvalue weighted by atomic mass is 32.2. The predicted molar refractivity (Wildman–Crippen MR) is 105 cm³/mol. The lowest BCUT2D eigenvalue weighted by Crippen LogP contribution is -2.33. The Labute approximate surface area is 158 Å². The van der Waals surface area contributed by atoms with Gasteiger partial charge in [0, 0.05) is 18.5 Å². The van der Waals surface area contributed by atoms with E-state index in [1.54, 1.807) is 17.5 Å². The fraction of sp³-hybridized carbons (Fsp3) is 0.500. The van der Waals surface area contributed by atoms with Crippen molar-refractivity contribution in [2.24, 2.45) is 0 Å². The van der Waals surface area contributed by atoms with E-state index in [4.69, 9.17) is 0 Å². The number of aromatic nitrogens is 1. The van der Waals surface area contributed by atoms with E-state index in [0.29, 0.717) is 12.2 Å². The van der Waals surface area contributed by atoms with Crippen molar-refractivity contribution >= 4 is 32.3 Å². The van der Waals surface area contributed by atoms with Crippen molar-refractivity contribution in [1.29, 1.82) is 0 Å². The van der Waals surface area contributed by atoms with Gasteiger partial charge in [-0.3, -0.25) is 0 Å². The lowest BCUT2D eigenvalue weighted by molar-refractivity contribution is 0.576. The summed E-state index contributed by atoms with van der Waals surface area (Å²) in [5.41, 5.74) is 0.735. The van der Waals surface area contributed by atoms with Crippen LogP contribution in [0.3, 0.4) is 0 Å². The average molecular weight is 398 g/mol. The maximum absolute atomic E-state index is 13.2. The average Bonchev–Trinajstić information content (AvgIpc) is 3.11. The van der Waals surface area contributed by atoms with E-state index in [9.17, 15) is 12.8 Å². The third-order valence-electron chi connectivity index (χ3n) is 4.40. The zero-order valence-corrected chi connectivity index (χ0v) is 16.5. The smallest absolute Gasteiger partial charge is 0.236 e. The molecule has 8 heteroatoms. The first-order valence-corrected chi connectivity index (χ1v) is 11.4. The van der Waals surface area contributed by atoms with Gasteiger partial charge in [-0.25, -0.2) is 22.1 Å². The molecule has 0 bridgehead atoms. The van der Waals surface area contributed by atoms with E-state index < -0.39 is 10.0 Å². The molecule has 0 aliphatic carbocycles. The van der Waals surface area contributed by atoms with Crippen LogP contribution < -0.4 is 9.21 Å². The summed E-state index contributed by atoms with van der Waals surface area (Å²) < 4.78 is 40.1. The summed E-state index contributed by atoms with van der Waals surface area (Å²) in [6.45, 7) is 3.93. The number of rotatable bonds is 7. The van der Waals surface area contributed by atoms with Crippen molar-refractivity contribution in [3.05, 3.63) is 41.0 Å². The van der Waals surface area contributed by atoms with Crippen LogP contribution in [0.15, 0.2) is 29.6 Å². The largest absolute Gasteiger partial charge is 0.348 e. The highest BCUT2D eigenvalue weighted by Crippen LogP contribution is 2.30. The predicted octanol–water partition coefficient (Wildman–Crippen LogP) is 4.02. The Morgan fingerprint density at radius 2 is 1.88 bits per heavy atom. The Morgan fingerprint density at radius 3 is 2.54 bits per heavy atom. The van der Waals surface area contributed by atoms with Crippen LogP contribution in [0.4, 0.5) is 15.3 Å². The van der Waals surface area contributed by atoms with E-state index in [-0.39, 0.29) is 18.1 Å². The molecule has 142 valence electrons. The lowest BCUT2D eigenvalue weighted by atomic mass is 10.1. The van der Waals surface area contributed by atoms with Crippen molar-refractivity contribution < 1.29 is 12.8 Å². The molecule has 3 rings (SSSR count). The quantitative estimate of drug-likeness (QED) is 0.708. The van der Waals surface area contributed by atoms with Crippen LogP contribution in [-0.4, -0.2) is 32.2 Å². The minimum atomic E-state index is -3.49. The van der Waals surface area contributed by atoms with E-state index in [1.165, 1.54) is 34.2 Å². The Kier molecular flexibility index (Phi) is 6.13. The molecule has 2 aromatic rings. The Bertz CT molecular complexity index is 815. The summed E-state index contributed by atoms with van der Waals surface area (Å²) in [6.07, 6.45) is 4.05. The van der Waals surface area contributed by atoms with Crippen LogP contribution in [0.5, 0.6) is 0 Å². The van der Waals surface area contributed by atoms with Gasteiger partial charge in [0.05, 0.1) is 12.3 Å². The Morgan fingerprint density at radius 1 is 1.19 bits per heavy atom. The highest BCUT2D eigenvalue weighted by molar-refractivity contribution is 7.92. The van der Waals surface area contributed by atoms with Crippen LogP contribution in [0, 0.1) is 5.82 Å². The van der Waals surface area contributed by atoms with Gasteiger partial charge >= 0.3 is 0 Å². The third-order valence-corrected chi connectivity index (χ3v) is 7.20. The molecule has 1 saturated heterocycles. The molecule has 1 fully saturated rings. The maximum Gasteiger partial charge on any atom is 0.236 e. The van der Waals surface area contributed by atoms with Gasteiger partial charge in [-0.1, -0.05) is 19.1 Å². The molecular weight excluding hydrogens is 373 g/mol. The molecule has 26 heavy (non-hydrogen) atoms. The molecule has 0 atom stereocenters. The van der Waals surface area contributed by atoms with E-state index in [2.05, 4.69) is 9.88 Å². The van der Waals surface area contributed by atoms with Gasteiger partial charge in [0.25, 0.3) is 0 Å². The van der Waals surface area contributed by atoms with Crippen molar-refractivity contribution in [1.82, 2.24) is 4.98 Å². The van der Waals surface area contributed by atoms with E-state index >= 15 is 0 Å². The Hall–Kier alpha value is -1.67. The van der Waals surface area contributed by atoms with Crippen molar-refractivity contribution in [3.63, 3.8) is 0 Å². The fourth-order valence-corrected chi connectivity index (χ4v) is 5.44. The molecule has 0 radical (unpaired) electrons. The SMILES string of the molecule is CCCS(=O)(=O)N(Cc1ccc(F)cc1)c1csc(N2CCCCC2)n1. The molecule has 0 amide bonds. The van der Waals surface area contributed by atoms with Crippen LogP contribution in [0.2, 0.25) is 0 Å². The van der Waals surface area contributed by atoms with Gasteiger partial charge in [-0.2, -0.15) is 0 Å². The van der Waals surface area contributed by atoms with Gasteiger partial charge in [0.2, 0.25) is 10.0 Å². The van der Waals surface area contributed by atoms with E-state index in [1.807, 2.05) is 6.92 Å². The molecule has 1 aromatic heterocycles. The molecule has 0 unspecified atom stereocenters. The second-order valence-electron chi connectivity index (χ2n) is 6.49. The number of anilines is 2. The number of hydrogen-bond donors (Lipinski definition) is 0. The number of sulfonamides is 1. The van der Waals surface area contributed by atoms with Crippen LogP contribution in [0.25, 0.3) is 0 Å². The maximum atomic E-state index is 13.2. The number of piperidine rings is 1. The normalized spacial score (nSPS) is 15.2.